The van der Waals surface area contributed by atoms with Crippen molar-refractivity contribution < 1.29 is 9.53 Å². The van der Waals surface area contributed by atoms with Crippen LogP contribution in [0.25, 0.3) is 10.8 Å². The van der Waals surface area contributed by atoms with E-state index in [1.54, 1.807) is 12.1 Å². The number of fused-ring (bicyclic) bond motifs is 1. The van der Waals surface area contributed by atoms with Gasteiger partial charge in [-0.25, -0.2) is 5.10 Å². The number of aromatic amines is 1. The van der Waals surface area contributed by atoms with Crippen molar-refractivity contribution in [3.63, 3.8) is 0 Å². The molecule has 2 aromatic rings. The molecule has 23 heavy (non-hydrogen) atoms. The maximum atomic E-state index is 12.5. The molecule has 1 aromatic heterocycles. The first-order valence-electron chi connectivity index (χ1n) is 8.07. The Morgan fingerprint density at radius 1 is 1.35 bits per heavy atom. The van der Waals surface area contributed by atoms with Crippen molar-refractivity contribution in [3.8, 4) is 0 Å². The summed E-state index contributed by atoms with van der Waals surface area (Å²) in [4.78, 5) is 24.2. The second-order valence-corrected chi connectivity index (χ2v) is 6.43. The molecule has 1 saturated carbocycles. The highest BCUT2D eigenvalue weighted by Gasteiger charge is 2.52. The minimum Gasteiger partial charge on any atom is -0.376 e. The topological polar surface area (TPSA) is 84.1 Å². The number of nitrogens with one attached hydrogen (secondary N) is 2. The van der Waals surface area contributed by atoms with Crippen molar-refractivity contribution in [2.24, 2.45) is 0 Å². The lowest BCUT2D eigenvalue weighted by Crippen LogP contribution is -2.46. The molecule has 1 unspecified atom stereocenters. The second kappa shape index (κ2) is 5.45. The number of hydrogen-bond donors (Lipinski definition) is 2. The Morgan fingerprint density at radius 2 is 2.13 bits per heavy atom. The van der Waals surface area contributed by atoms with Crippen LogP contribution in [0.1, 0.15) is 31.4 Å². The summed E-state index contributed by atoms with van der Waals surface area (Å²) in [5, 5.41) is 11.0. The normalized spacial score (nSPS) is 22.2. The molecule has 120 valence electrons. The Bertz CT molecular complexity index is 804. The number of aromatic nitrogens is 2. The molecule has 2 heterocycles. The van der Waals surface area contributed by atoms with Crippen LogP contribution < -0.4 is 10.9 Å². The Hall–Kier alpha value is -2.21. The first-order valence-corrected chi connectivity index (χ1v) is 8.07. The van der Waals surface area contributed by atoms with Gasteiger partial charge < -0.3 is 10.1 Å². The monoisotopic (exact) mass is 313 g/mol. The van der Waals surface area contributed by atoms with E-state index in [9.17, 15) is 9.59 Å². The molecule has 1 atom stereocenters. The predicted molar refractivity (Wildman–Crippen MR) is 85.1 cm³/mol. The lowest BCUT2D eigenvalue weighted by molar-refractivity contribution is -0.122. The van der Waals surface area contributed by atoms with Gasteiger partial charge in [-0.05, 0) is 31.7 Å². The zero-order valence-corrected chi connectivity index (χ0v) is 12.8. The van der Waals surface area contributed by atoms with Gasteiger partial charge in [-0.1, -0.05) is 18.2 Å². The third-order valence-electron chi connectivity index (χ3n) is 4.83. The number of nitrogens with zero attached hydrogens (tertiary/aromatic N) is 1. The van der Waals surface area contributed by atoms with E-state index in [-0.39, 0.29) is 29.5 Å². The zero-order valence-electron chi connectivity index (χ0n) is 12.8. The summed E-state index contributed by atoms with van der Waals surface area (Å²) in [7, 11) is 0. The number of benzene rings is 1. The standard InChI is InChI=1S/C17H19N3O3/c21-15(18-17(7-8-17)14-6-3-9-23-14)10-13-11-4-1-2-5-12(11)16(22)20-19-13/h1-2,4-5,14H,3,6-10H2,(H,18,21)(H,20,22). The predicted octanol–water partition coefficient (Wildman–Crippen LogP) is 1.29. The SMILES string of the molecule is O=C(Cc1n[nH]c(=O)c2ccccc12)NC1(C2CCCO2)CC1. The molecular weight excluding hydrogens is 294 g/mol. The highest BCUT2D eigenvalue weighted by Crippen LogP contribution is 2.43. The third kappa shape index (κ3) is 2.63. The van der Waals surface area contributed by atoms with Gasteiger partial charge >= 0.3 is 0 Å². The molecular formula is C17H19N3O3. The molecule has 0 bridgehead atoms. The fourth-order valence-corrected chi connectivity index (χ4v) is 3.46. The average Bonchev–Trinajstić information content (AvgIpc) is 3.11. The van der Waals surface area contributed by atoms with Gasteiger partial charge in [0.15, 0.2) is 0 Å². The highest BCUT2D eigenvalue weighted by atomic mass is 16.5. The lowest BCUT2D eigenvalue weighted by atomic mass is 10.0. The van der Waals surface area contributed by atoms with Gasteiger partial charge in [0, 0.05) is 12.0 Å². The van der Waals surface area contributed by atoms with Gasteiger partial charge in [-0.15, -0.1) is 0 Å². The number of rotatable bonds is 4. The Morgan fingerprint density at radius 3 is 2.83 bits per heavy atom. The Kier molecular flexibility index (Phi) is 3.41. The molecule has 1 aromatic carbocycles. The summed E-state index contributed by atoms with van der Waals surface area (Å²) < 4.78 is 5.74. The van der Waals surface area contributed by atoms with Crippen LogP contribution in [-0.4, -0.2) is 34.4 Å². The second-order valence-electron chi connectivity index (χ2n) is 6.43. The van der Waals surface area contributed by atoms with E-state index in [2.05, 4.69) is 15.5 Å². The molecule has 6 nitrogen and oxygen atoms in total. The average molecular weight is 313 g/mol. The lowest BCUT2D eigenvalue weighted by Gasteiger charge is -2.23. The van der Waals surface area contributed by atoms with Crippen molar-refractivity contribution in [3.05, 3.63) is 40.3 Å². The van der Waals surface area contributed by atoms with Crippen LogP contribution in [0.4, 0.5) is 0 Å². The van der Waals surface area contributed by atoms with Crippen LogP contribution in [0.15, 0.2) is 29.1 Å². The zero-order chi connectivity index (χ0) is 15.9. The van der Waals surface area contributed by atoms with Crippen LogP contribution in [0.5, 0.6) is 0 Å². The van der Waals surface area contributed by atoms with E-state index in [0.29, 0.717) is 11.1 Å². The molecule has 1 aliphatic heterocycles. The largest absolute Gasteiger partial charge is 0.376 e. The summed E-state index contributed by atoms with van der Waals surface area (Å²) in [6, 6.07) is 7.22. The quantitative estimate of drug-likeness (QED) is 0.891. The number of H-pyrrole nitrogens is 1. The molecule has 0 spiro atoms. The molecule has 4 rings (SSSR count). The van der Waals surface area contributed by atoms with Crippen molar-refractivity contribution in [1.29, 1.82) is 0 Å². The van der Waals surface area contributed by atoms with E-state index in [1.807, 2.05) is 12.1 Å². The smallest absolute Gasteiger partial charge is 0.272 e. The summed E-state index contributed by atoms with van der Waals surface area (Å²) in [5.41, 5.74) is 0.189. The molecule has 2 aliphatic rings. The van der Waals surface area contributed by atoms with Crippen molar-refractivity contribution in [2.45, 2.75) is 43.7 Å². The number of carbonyl (C=O) groups is 1. The number of amides is 1. The first kappa shape index (κ1) is 14.4. The van der Waals surface area contributed by atoms with Crippen LogP contribution in [0, 0.1) is 0 Å². The van der Waals surface area contributed by atoms with Crippen molar-refractivity contribution in [2.75, 3.05) is 6.61 Å². The van der Waals surface area contributed by atoms with Gasteiger partial charge in [-0.2, -0.15) is 5.10 Å². The summed E-state index contributed by atoms with van der Waals surface area (Å²) in [5.74, 6) is -0.0669. The van der Waals surface area contributed by atoms with Crippen LogP contribution in [-0.2, 0) is 16.0 Å². The van der Waals surface area contributed by atoms with Gasteiger partial charge in [0.2, 0.25) is 5.91 Å². The summed E-state index contributed by atoms with van der Waals surface area (Å²) in [6.45, 7) is 0.786. The van der Waals surface area contributed by atoms with E-state index in [4.69, 9.17) is 4.74 Å². The van der Waals surface area contributed by atoms with Gasteiger partial charge in [0.05, 0.1) is 29.1 Å². The minimum atomic E-state index is -0.234. The Labute approximate surface area is 133 Å². The molecule has 0 radical (unpaired) electrons. The molecule has 2 N–H and O–H groups in total. The van der Waals surface area contributed by atoms with E-state index in [1.165, 1.54) is 0 Å². The summed E-state index contributed by atoms with van der Waals surface area (Å²) >= 11 is 0. The van der Waals surface area contributed by atoms with Crippen molar-refractivity contribution >= 4 is 16.7 Å². The van der Waals surface area contributed by atoms with Crippen molar-refractivity contribution in [1.82, 2.24) is 15.5 Å². The van der Waals surface area contributed by atoms with E-state index in [0.717, 1.165) is 37.7 Å². The van der Waals surface area contributed by atoms with Crippen LogP contribution >= 0.6 is 0 Å². The Balaban J connectivity index is 1.53. The summed E-state index contributed by atoms with van der Waals surface area (Å²) in [6.07, 6.45) is 4.33. The molecule has 6 heteroatoms. The van der Waals surface area contributed by atoms with E-state index < -0.39 is 0 Å². The van der Waals surface area contributed by atoms with Crippen LogP contribution in [0.2, 0.25) is 0 Å². The fourth-order valence-electron chi connectivity index (χ4n) is 3.46. The highest BCUT2D eigenvalue weighted by molar-refractivity contribution is 5.88. The number of ether oxygens (including phenoxy) is 1. The molecule has 2 fully saturated rings. The fraction of sp³-hybridized carbons (Fsp3) is 0.471. The minimum absolute atomic E-state index is 0.0669. The maximum Gasteiger partial charge on any atom is 0.272 e. The first-order chi connectivity index (χ1) is 11.2. The number of hydrogen-bond acceptors (Lipinski definition) is 4. The van der Waals surface area contributed by atoms with Gasteiger partial charge in [-0.3, -0.25) is 9.59 Å². The number of carbonyl (C=O) groups excluding carboxylic acids is 1. The van der Waals surface area contributed by atoms with E-state index >= 15 is 0 Å². The molecule has 1 saturated heterocycles. The molecule has 1 amide bonds. The van der Waals surface area contributed by atoms with Gasteiger partial charge in [0.1, 0.15) is 0 Å². The van der Waals surface area contributed by atoms with Crippen LogP contribution in [0.3, 0.4) is 0 Å². The van der Waals surface area contributed by atoms with Gasteiger partial charge in [0.25, 0.3) is 5.56 Å². The maximum absolute atomic E-state index is 12.5. The third-order valence-corrected chi connectivity index (χ3v) is 4.83. The molecule has 1 aliphatic carbocycles.